The van der Waals surface area contributed by atoms with Gasteiger partial charge in [0.05, 0.1) is 6.04 Å². The van der Waals surface area contributed by atoms with Crippen molar-refractivity contribution in [2.75, 3.05) is 0 Å². The zero-order chi connectivity index (χ0) is 13.1. The summed E-state index contributed by atoms with van der Waals surface area (Å²) < 4.78 is 25.8. The van der Waals surface area contributed by atoms with Crippen LogP contribution in [-0.4, -0.2) is 23.7 Å². The number of ketones is 1. The Balaban J connectivity index is 2.42. The average molecular weight is 247 g/mol. The molecule has 0 aromatic carbocycles. The van der Waals surface area contributed by atoms with Gasteiger partial charge in [-0.25, -0.2) is 8.78 Å². The van der Waals surface area contributed by atoms with Crippen molar-refractivity contribution < 1.29 is 18.4 Å². The topological polar surface area (TPSA) is 46.2 Å². The van der Waals surface area contributed by atoms with Crippen LogP contribution in [0.5, 0.6) is 0 Å². The molecule has 0 spiro atoms. The fraction of sp³-hybridized carbons (Fsp3) is 0.833. The summed E-state index contributed by atoms with van der Waals surface area (Å²) >= 11 is 0. The summed E-state index contributed by atoms with van der Waals surface area (Å²) in [5.41, 5.74) is 0. The van der Waals surface area contributed by atoms with Gasteiger partial charge < -0.3 is 5.32 Å². The zero-order valence-corrected chi connectivity index (χ0v) is 10.3. The van der Waals surface area contributed by atoms with Crippen LogP contribution in [0.15, 0.2) is 0 Å². The molecule has 0 heterocycles. The van der Waals surface area contributed by atoms with Crippen molar-refractivity contribution in [1.82, 2.24) is 5.32 Å². The first-order chi connectivity index (χ1) is 7.85. The lowest BCUT2D eigenvalue weighted by molar-refractivity contribution is -0.132. The number of alkyl halides is 2. The lowest BCUT2D eigenvalue weighted by atomic mass is 9.86. The van der Waals surface area contributed by atoms with Crippen LogP contribution in [0, 0.1) is 5.92 Å². The van der Waals surface area contributed by atoms with Gasteiger partial charge in [-0.2, -0.15) is 0 Å². The Bertz CT molecular complexity index is 295. The van der Waals surface area contributed by atoms with E-state index in [4.69, 9.17) is 0 Å². The number of nitrogens with one attached hydrogen (secondary N) is 1. The number of halogens is 2. The number of hydrogen-bond donors (Lipinski definition) is 1. The van der Waals surface area contributed by atoms with Gasteiger partial charge in [0.15, 0.2) is 5.78 Å². The van der Waals surface area contributed by atoms with Gasteiger partial charge in [0.1, 0.15) is 0 Å². The molecule has 1 rings (SSSR count). The number of hydrogen-bond acceptors (Lipinski definition) is 2. The van der Waals surface area contributed by atoms with Crippen LogP contribution in [0.2, 0.25) is 0 Å². The van der Waals surface area contributed by atoms with E-state index in [0.717, 1.165) is 0 Å². The standard InChI is InChI=1S/C12H19F2NO2/c1-3-10(16)8(2)15-11(17)9-4-6-12(13,14)7-5-9/h8-9H,3-7H2,1-2H3,(H,15,17). The third-order valence-electron chi connectivity index (χ3n) is 3.28. The van der Waals surface area contributed by atoms with E-state index < -0.39 is 12.0 Å². The molecule has 1 atom stereocenters. The Kier molecular flexibility index (Phi) is 4.60. The van der Waals surface area contributed by atoms with Gasteiger partial charge in [-0.1, -0.05) is 6.92 Å². The second-order valence-electron chi connectivity index (χ2n) is 4.68. The zero-order valence-electron chi connectivity index (χ0n) is 10.3. The highest BCUT2D eigenvalue weighted by Crippen LogP contribution is 2.36. The predicted molar refractivity (Wildman–Crippen MR) is 59.8 cm³/mol. The summed E-state index contributed by atoms with van der Waals surface area (Å²) in [6.45, 7) is 3.35. The van der Waals surface area contributed by atoms with Crippen LogP contribution in [0.1, 0.15) is 46.0 Å². The van der Waals surface area contributed by atoms with Crippen molar-refractivity contribution in [1.29, 1.82) is 0 Å². The minimum atomic E-state index is -2.62. The Morgan fingerprint density at radius 3 is 2.35 bits per heavy atom. The van der Waals surface area contributed by atoms with Crippen LogP contribution in [0.3, 0.4) is 0 Å². The lowest BCUT2D eigenvalue weighted by Crippen LogP contribution is -2.43. The molecule has 1 aliphatic rings. The van der Waals surface area contributed by atoms with Crippen molar-refractivity contribution >= 4 is 11.7 Å². The average Bonchev–Trinajstić information content (AvgIpc) is 2.27. The molecule has 0 radical (unpaired) electrons. The highest BCUT2D eigenvalue weighted by molar-refractivity contribution is 5.89. The first kappa shape index (κ1) is 14.1. The van der Waals surface area contributed by atoms with Gasteiger partial charge in [-0.3, -0.25) is 9.59 Å². The molecule has 1 unspecified atom stereocenters. The van der Waals surface area contributed by atoms with Gasteiger partial charge in [0.2, 0.25) is 11.8 Å². The molecule has 1 aliphatic carbocycles. The van der Waals surface area contributed by atoms with Gasteiger partial charge in [0, 0.05) is 25.2 Å². The smallest absolute Gasteiger partial charge is 0.248 e. The van der Waals surface area contributed by atoms with Crippen molar-refractivity contribution in [3.05, 3.63) is 0 Å². The second-order valence-corrected chi connectivity index (χ2v) is 4.68. The van der Waals surface area contributed by atoms with Crippen molar-refractivity contribution in [2.45, 2.75) is 57.9 Å². The van der Waals surface area contributed by atoms with Gasteiger partial charge in [0.25, 0.3) is 0 Å². The van der Waals surface area contributed by atoms with Gasteiger partial charge in [-0.15, -0.1) is 0 Å². The molecule has 98 valence electrons. The van der Waals surface area contributed by atoms with Crippen LogP contribution in [0.25, 0.3) is 0 Å². The number of rotatable bonds is 4. The summed E-state index contributed by atoms with van der Waals surface area (Å²) in [6.07, 6.45) is 0.296. The normalized spacial score (nSPS) is 21.9. The fourth-order valence-corrected chi connectivity index (χ4v) is 2.02. The van der Waals surface area contributed by atoms with Gasteiger partial charge in [-0.05, 0) is 19.8 Å². The van der Waals surface area contributed by atoms with Crippen molar-refractivity contribution in [3.63, 3.8) is 0 Å². The van der Waals surface area contributed by atoms with E-state index in [0.29, 0.717) is 6.42 Å². The summed E-state index contributed by atoms with van der Waals surface area (Å²) in [5.74, 6) is -3.31. The lowest BCUT2D eigenvalue weighted by Gasteiger charge is -2.28. The van der Waals surface area contributed by atoms with E-state index >= 15 is 0 Å². The maximum Gasteiger partial charge on any atom is 0.248 e. The summed E-state index contributed by atoms with van der Waals surface area (Å²) in [7, 11) is 0. The van der Waals surface area contributed by atoms with Crippen LogP contribution in [0.4, 0.5) is 8.78 Å². The predicted octanol–water partition coefficient (Wildman–Crippen LogP) is 2.30. The molecule has 0 saturated heterocycles. The fourth-order valence-electron chi connectivity index (χ4n) is 2.02. The van der Waals surface area contributed by atoms with Crippen LogP contribution in [-0.2, 0) is 9.59 Å². The van der Waals surface area contributed by atoms with Gasteiger partial charge >= 0.3 is 0 Å². The number of carbonyl (C=O) groups excluding carboxylic acids is 2. The van der Waals surface area contributed by atoms with Crippen molar-refractivity contribution in [2.24, 2.45) is 5.92 Å². The van der Waals surface area contributed by atoms with E-state index in [2.05, 4.69) is 5.32 Å². The SMILES string of the molecule is CCC(=O)C(C)NC(=O)C1CCC(F)(F)CC1. The maximum atomic E-state index is 12.9. The highest BCUT2D eigenvalue weighted by Gasteiger charge is 2.37. The minimum absolute atomic E-state index is 0.0421. The van der Waals surface area contributed by atoms with E-state index in [9.17, 15) is 18.4 Å². The van der Waals surface area contributed by atoms with E-state index in [1.807, 2.05) is 0 Å². The molecule has 17 heavy (non-hydrogen) atoms. The Labute approximate surface area is 100.0 Å². The molecule has 0 aliphatic heterocycles. The van der Waals surface area contributed by atoms with Crippen LogP contribution >= 0.6 is 0 Å². The van der Waals surface area contributed by atoms with Crippen molar-refractivity contribution in [3.8, 4) is 0 Å². The summed E-state index contributed by atoms with van der Waals surface area (Å²) in [4.78, 5) is 23.0. The molecule has 0 bridgehead atoms. The first-order valence-electron chi connectivity index (χ1n) is 6.06. The Morgan fingerprint density at radius 1 is 1.35 bits per heavy atom. The van der Waals surface area contributed by atoms with E-state index in [1.54, 1.807) is 13.8 Å². The number of carbonyl (C=O) groups is 2. The second kappa shape index (κ2) is 5.56. The number of amides is 1. The number of Topliss-reactive ketones (excluding diaryl/α,β-unsaturated/α-hetero) is 1. The molecule has 1 fully saturated rings. The molecule has 3 nitrogen and oxygen atoms in total. The largest absolute Gasteiger partial charge is 0.346 e. The molecule has 0 aromatic rings. The first-order valence-corrected chi connectivity index (χ1v) is 6.06. The summed E-state index contributed by atoms with van der Waals surface area (Å²) in [5, 5.41) is 2.59. The molecule has 5 heteroatoms. The molecule has 0 aromatic heterocycles. The molecular formula is C12H19F2NO2. The van der Waals surface area contributed by atoms with E-state index in [-0.39, 0.29) is 43.3 Å². The molecule has 1 amide bonds. The third kappa shape index (κ3) is 4.06. The third-order valence-corrected chi connectivity index (χ3v) is 3.28. The summed E-state index contributed by atoms with van der Waals surface area (Å²) in [6, 6.07) is -0.519. The van der Waals surface area contributed by atoms with E-state index in [1.165, 1.54) is 0 Å². The molecule has 1 N–H and O–H groups in total. The molecule has 1 saturated carbocycles. The highest BCUT2D eigenvalue weighted by atomic mass is 19.3. The minimum Gasteiger partial charge on any atom is -0.346 e. The Hall–Kier alpha value is -1.00. The molecular weight excluding hydrogens is 228 g/mol. The quantitative estimate of drug-likeness (QED) is 0.828. The maximum absolute atomic E-state index is 12.9. The Morgan fingerprint density at radius 2 is 1.88 bits per heavy atom. The van der Waals surface area contributed by atoms with Crippen LogP contribution < -0.4 is 5.32 Å². The monoisotopic (exact) mass is 247 g/mol.